The summed E-state index contributed by atoms with van der Waals surface area (Å²) in [6, 6.07) is 8.27. The first kappa shape index (κ1) is 18.3. The largest absolute Gasteiger partial charge is 0.394 e. The minimum Gasteiger partial charge on any atom is -0.394 e. The minimum absolute atomic E-state index is 0.347. The van der Waals surface area contributed by atoms with Crippen LogP contribution in [0, 0.1) is 5.92 Å². The van der Waals surface area contributed by atoms with Crippen molar-refractivity contribution in [1.82, 2.24) is 15.6 Å². The molecule has 0 saturated heterocycles. The smallest absolute Gasteiger partial charge is 0.253 e. The fraction of sp³-hybridized carbons (Fsp3) is 0.450. The first-order valence-electron chi connectivity index (χ1n) is 9.21. The van der Waals surface area contributed by atoms with Crippen molar-refractivity contribution in [2.45, 2.75) is 38.1 Å². The van der Waals surface area contributed by atoms with Crippen molar-refractivity contribution in [3.63, 3.8) is 0 Å². The molecule has 1 aliphatic carbocycles. The summed E-state index contributed by atoms with van der Waals surface area (Å²) in [5.41, 5.74) is 1.16. The Balaban J connectivity index is 1.58. The maximum absolute atomic E-state index is 12.4. The zero-order chi connectivity index (χ0) is 18.4. The molecule has 0 unspecified atom stereocenters. The SMILES string of the molecule is O=C(N[C@@H](CO)C(=O)NCC1CCCCC1)c1cnc2ccccc2c1. The van der Waals surface area contributed by atoms with Crippen molar-refractivity contribution in [3.8, 4) is 0 Å². The van der Waals surface area contributed by atoms with Gasteiger partial charge in [-0.25, -0.2) is 0 Å². The van der Waals surface area contributed by atoms with Crippen LogP contribution in [0.3, 0.4) is 0 Å². The van der Waals surface area contributed by atoms with Gasteiger partial charge in [0.25, 0.3) is 5.91 Å². The Morgan fingerprint density at radius 2 is 1.96 bits per heavy atom. The van der Waals surface area contributed by atoms with Crippen LogP contribution in [0.4, 0.5) is 0 Å². The van der Waals surface area contributed by atoms with Gasteiger partial charge in [-0.05, 0) is 30.9 Å². The molecule has 6 heteroatoms. The summed E-state index contributed by atoms with van der Waals surface area (Å²) in [4.78, 5) is 29.0. The maximum Gasteiger partial charge on any atom is 0.253 e. The molecule has 1 aliphatic rings. The van der Waals surface area contributed by atoms with Crippen molar-refractivity contribution in [2.24, 2.45) is 5.92 Å². The number of nitrogens with one attached hydrogen (secondary N) is 2. The lowest BCUT2D eigenvalue weighted by molar-refractivity contribution is -0.124. The average Bonchev–Trinajstić information content (AvgIpc) is 2.70. The number of pyridine rings is 1. The molecule has 1 fully saturated rings. The monoisotopic (exact) mass is 355 g/mol. The summed E-state index contributed by atoms with van der Waals surface area (Å²) < 4.78 is 0. The molecule has 0 aliphatic heterocycles. The van der Waals surface area contributed by atoms with Crippen LogP contribution in [0.1, 0.15) is 42.5 Å². The van der Waals surface area contributed by atoms with Crippen LogP contribution in [-0.4, -0.2) is 41.1 Å². The van der Waals surface area contributed by atoms with Crippen LogP contribution in [0.25, 0.3) is 10.9 Å². The Labute approximate surface area is 153 Å². The van der Waals surface area contributed by atoms with Crippen LogP contribution in [0.2, 0.25) is 0 Å². The molecule has 1 atom stereocenters. The molecule has 26 heavy (non-hydrogen) atoms. The Kier molecular flexibility index (Phi) is 6.17. The first-order chi connectivity index (χ1) is 12.7. The summed E-state index contributed by atoms with van der Waals surface area (Å²) in [6.45, 7) is 0.159. The molecular weight excluding hydrogens is 330 g/mol. The number of rotatable bonds is 6. The molecule has 3 rings (SSSR count). The standard InChI is InChI=1S/C20H25N3O3/c24-13-18(20(26)22-11-14-6-2-1-3-7-14)23-19(25)16-10-15-8-4-5-9-17(15)21-12-16/h4-5,8-10,12,14,18,24H,1-3,6-7,11,13H2,(H,22,26)(H,23,25)/t18-/m0/s1. The van der Waals surface area contributed by atoms with Gasteiger partial charge in [-0.3, -0.25) is 14.6 Å². The quantitative estimate of drug-likeness (QED) is 0.739. The zero-order valence-electron chi connectivity index (χ0n) is 14.8. The van der Waals surface area contributed by atoms with E-state index in [4.69, 9.17) is 0 Å². The number of carbonyl (C=O) groups is 2. The molecule has 6 nitrogen and oxygen atoms in total. The molecule has 0 spiro atoms. The van der Waals surface area contributed by atoms with E-state index in [9.17, 15) is 14.7 Å². The van der Waals surface area contributed by atoms with Crippen LogP contribution in [-0.2, 0) is 4.79 Å². The highest BCUT2D eigenvalue weighted by atomic mass is 16.3. The Hall–Kier alpha value is -2.47. The van der Waals surface area contributed by atoms with Gasteiger partial charge in [0.1, 0.15) is 6.04 Å². The summed E-state index contributed by atoms with van der Waals surface area (Å²) in [6.07, 6.45) is 7.40. The van der Waals surface area contributed by atoms with Gasteiger partial charge in [-0.1, -0.05) is 37.5 Å². The lowest BCUT2D eigenvalue weighted by atomic mass is 9.89. The fourth-order valence-corrected chi connectivity index (χ4v) is 3.39. The normalized spacial score (nSPS) is 16.2. The van der Waals surface area contributed by atoms with Gasteiger partial charge in [0.15, 0.2) is 0 Å². The lowest BCUT2D eigenvalue weighted by Gasteiger charge is -2.23. The van der Waals surface area contributed by atoms with Crippen molar-refractivity contribution in [3.05, 3.63) is 42.1 Å². The number of para-hydroxylation sites is 1. The van der Waals surface area contributed by atoms with Gasteiger partial charge in [0.2, 0.25) is 5.91 Å². The van der Waals surface area contributed by atoms with Gasteiger partial charge in [-0.15, -0.1) is 0 Å². The van der Waals surface area contributed by atoms with E-state index in [1.807, 2.05) is 24.3 Å². The van der Waals surface area contributed by atoms with E-state index >= 15 is 0 Å². The van der Waals surface area contributed by atoms with E-state index in [1.54, 1.807) is 6.07 Å². The number of aromatic nitrogens is 1. The molecule has 1 heterocycles. The number of hydrogen-bond acceptors (Lipinski definition) is 4. The number of aliphatic hydroxyl groups excluding tert-OH is 1. The van der Waals surface area contributed by atoms with E-state index in [2.05, 4.69) is 15.6 Å². The Morgan fingerprint density at radius 3 is 2.73 bits per heavy atom. The molecule has 1 aromatic carbocycles. The number of aliphatic hydroxyl groups is 1. The molecular formula is C20H25N3O3. The molecule has 0 bridgehead atoms. The summed E-state index contributed by atoms with van der Waals surface area (Å²) >= 11 is 0. The average molecular weight is 355 g/mol. The summed E-state index contributed by atoms with van der Waals surface area (Å²) in [5, 5.41) is 15.8. The lowest BCUT2D eigenvalue weighted by Crippen LogP contribution is -2.49. The van der Waals surface area contributed by atoms with Gasteiger partial charge in [-0.2, -0.15) is 0 Å². The summed E-state index contributed by atoms with van der Waals surface area (Å²) in [7, 11) is 0. The van der Waals surface area contributed by atoms with E-state index in [-0.39, 0.29) is 5.91 Å². The van der Waals surface area contributed by atoms with Crippen molar-refractivity contribution >= 4 is 22.7 Å². The Bertz CT molecular complexity index is 772. The topological polar surface area (TPSA) is 91.3 Å². The Morgan fingerprint density at radius 1 is 1.19 bits per heavy atom. The van der Waals surface area contributed by atoms with E-state index < -0.39 is 18.6 Å². The van der Waals surface area contributed by atoms with Crippen LogP contribution >= 0.6 is 0 Å². The number of amides is 2. The van der Waals surface area contributed by atoms with E-state index in [0.29, 0.717) is 18.0 Å². The number of fused-ring (bicyclic) bond motifs is 1. The van der Waals surface area contributed by atoms with E-state index in [1.165, 1.54) is 25.5 Å². The predicted molar refractivity (Wildman–Crippen MR) is 99.7 cm³/mol. The maximum atomic E-state index is 12.4. The molecule has 2 amide bonds. The number of nitrogens with zero attached hydrogens (tertiary/aromatic N) is 1. The highest BCUT2D eigenvalue weighted by molar-refractivity contribution is 5.99. The fourth-order valence-electron chi connectivity index (χ4n) is 3.39. The second-order valence-corrected chi connectivity index (χ2v) is 6.87. The van der Waals surface area contributed by atoms with Gasteiger partial charge >= 0.3 is 0 Å². The third-order valence-electron chi connectivity index (χ3n) is 4.95. The van der Waals surface area contributed by atoms with Crippen molar-refractivity contribution < 1.29 is 14.7 Å². The third kappa shape index (κ3) is 4.58. The first-order valence-corrected chi connectivity index (χ1v) is 9.21. The number of benzene rings is 1. The molecule has 1 saturated carbocycles. The predicted octanol–water partition coefficient (Wildman–Crippen LogP) is 2.02. The minimum atomic E-state index is -0.961. The van der Waals surface area contributed by atoms with Crippen LogP contribution < -0.4 is 10.6 Å². The molecule has 0 radical (unpaired) electrons. The third-order valence-corrected chi connectivity index (χ3v) is 4.95. The van der Waals surface area contributed by atoms with Gasteiger partial charge < -0.3 is 15.7 Å². The second-order valence-electron chi connectivity index (χ2n) is 6.87. The number of carbonyl (C=O) groups excluding carboxylic acids is 2. The van der Waals surface area contributed by atoms with Crippen molar-refractivity contribution in [2.75, 3.05) is 13.2 Å². The van der Waals surface area contributed by atoms with Crippen LogP contribution in [0.15, 0.2) is 36.5 Å². The van der Waals surface area contributed by atoms with Crippen LogP contribution in [0.5, 0.6) is 0 Å². The molecule has 2 aromatic rings. The second kappa shape index (κ2) is 8.76. The zero-order valence-corrected chi connectivity index (χ0v) is 14.8. The van der Waals surface area contributed by atoms with Gasteiger partial charge in [0.05, 0.1) is 17.7 Å². The highest BCUT2D eigenvalue weighted by Gasteiger charge is 2.22. The molecule has 1 aromatic heterocycles. The van der Waals surface area contributed by atoms with Crippen molar-refractivity contribution in [1.29, 1.82) is 0 Å². The van der Waals surface area contributed by atoms with E-state index in [0.717, 1.165) is 23.7 Å². The number of hydrogen-bond donors (Lipinski definition) is 3. The molecule has 3 N–H and O–H groups in total. The molecule has 138 valence electrons. The summed E-state index contributed by atoms with van der Waals surface area (Å²) in [5.74, 6) is -0.275. The highest BCUT2D eigenvalue weighted by Crippen LogP contribution is 2.22. The van der Waals surface area contributed by atoms with Gasteiger partial charge in [0, 0.05) is 18.1 Å².